The van der Waals surface area contributed by atoms with Gasteiger partial charge in [0.1, 0.15) is 0 Å². The number of ether oxygens (including phenoxy) is 1. The number of amides is 2. The van der Waals surface area contributed by atoms with Crippen molar-refractivity contribution in [2.24, 2.45) is 5.41 Å². The third kappa shape index (κ3) is 3.19. The van der Waals surface area contributed by atoms with Gasteiger partial charge in [-0.05, 0) is 50.7 Å². The summed E-state index contributed by atoms with van der Waals surface area (Å²) in [5.74, 6) is -0.369. The van der Waals surface area contributed by atoms with E-state index in [2.05, 4.69) is 11.4 Å². The molecule has 1 heterocycles. The molecule has 2 aliphatic carbocycles. The van der Waals surface area contributed by atoms with Gasteiger partial charge in [-0.15, -0.1) is 0 Å². The summed E-state index contributed by atoms with van der Waals surface area (Å²) in [4.78, 5) is 28.1. The van der Waals surface area contributed by atoms with Crippen LogP contribution < -0.4 is 10.1 Å². The van der Waals surface area contributed by atoms with Crippen LogP contribution in [0.1, 0.15) is 57.8 Å². The third-order valence-electron chi connectivity index (χ3n) is 6.46. The van der Waals surface area contributed by atoms with Gasteiger partial charge in [-0.2, -0.15) is 0 Å². The number of anilines is 1. The second-order valence-electron chi connectivity index (χ2n) is 8.07. The average molecular weight is 386 g/mol. The lowest BCUT2D eigenvalue weighted by Crippen LogP contribution is -2.53. The second-order valence-corrected chi connectivity index (χ2v) is 8.07. The summed E-state index contributed by atoms with van der Waals surface area (Å²) >= 11 is 0. The van der Waals surface area contributed by atoms with Gasteiger partial charge in [-0.3, -0.25) is 9.59 Å². The van der Waals surface area contributed by atoms with Gasteiger partial charge in [-0.1, -0.05) is 18.9 Å². The molecule has 4 rings (SSSR count). The van der Waals surface area contributed by atoms with E-state index in [9.17, 15) is 14.0 Å². The molecule has 1 unspecified atom stereocenters. The van der Waals surface area contributed by atoms with Crippen LogP contribution in [0.4, 0.5) is 10.1 Å². The van der Waals surface area contributed by atoms with E-state index in [4.69, 9.17) is 4.74 Å². The summed E-state index contributed by atoms with van der Waals surface area (Å²) < 4.78 is 19.0. The van der Waals surface area contributed by atoms with Crippen LogP contribution in [0.5, 0.6) is 5.75 Å². The molecule has 5 nitrogen and oxygen atoms in total. The minimum absolute atomic E-state index is 0.138. The van der Waals surface area contributed by atoms with E-state index in [1.807, 2.05) is 4.90 Å². The summed E-state index contributed by atoms with van der Waals surface area (Å²) in [6.07, 6.45) is 9.79. The van der Waals surface area contributed by atoms with Crippen molar-refractivity contribution in [2.45, 2.75) is 63.8 Å². The van der Waals surface area contributed by atoms with Crippen LogP contribution in [0.15, 0.2) is 30.0 Å². The number of fused-ring (bicyclic) bond motifs is 1. The number of nitrogens with one attached hydrogen (secondary N) is 1. The molecule has 0 bridgehead atoms. The SMILES string of the molecule is COc1ccc(NC(=O)C23CCCC=C2N(C2CCCC2)C(=O)CC3)cc1F. The Kier molecular flexibility index (Phi) is 5.13. The van der Waals surface area contributed by atoms with Crippen LogP contribution in [-0.2, 0) is 9.59 Å². The Bertz CT molecular complexity index is 816. The van der Waals surface area contributed by atoms with Crippen molar-refractivity contribution in [3.63, 3.8) is 0 Å². The highest BCUT2D eigenvalue weighted by Crippen LogP contribution is 2.49. The van der Waals surface area contributed by atoms with Crippen molar-refractivity contribution < 1.29 is 18.7 Å². The number of benzene rings is 1. The Morgan fingerprint density at radius 1 is 1.25 bits per heavy atom. The van der Waals surface area contributed by atoms with E-state index in [0.717, 1.165) is 50.6 Å². The van der Waals surface area contributed by atoms with Crippen molar-refractivity contribution in [3.8, 4) is 5.75 Å². The summed E-state index contributed by atoms with van der Waals surface area (Å²) in [6, 6.07) is 4.64. The van der Waals surface area contributed by atoms with Crippen LogP contribution in [0.2, 0.25) is 0 Å². The van der Waals surface area contributed by atoms with Gasteiger partial charge in [0.2, 0.25) is 11.8 Å². The third-order valence-corrected chi connectivity index (χ3v) is 6.46. The molecule has 1 atom stereocenters. The Morgan fingerprint density at radius 3 is 2.75 bits per heavy atom. The molecule has 1 aromatic rings. The van der Waals surface area contributed by atoms with E-state index in [-0.39, 0.29) is 23.6 Å². The number of hydrogen-bond donors (Lipinski definition) is 1. The fraction of sp³-hybridized carbons (Fsp3) is 0.545. The monoisotopic (exact) mass is 386 g/mol. The summed E-state index contributed by atoms with van der Waals surface area (Å²) in [5.41, 5.74) is 0.589. The standard InChI is InChI=1S/C22H27FN2O3/c1-28-18-10-9-15(14-17(18)23)24-21(27)22-12-5-4-8-19(22)25(20(26)11-13-22)16-6-2-3-7-16/h8-10,14,16H,2-7,11-13H2,1H3,(H,24,27). The molecule has 0 radical (unpaired) electrons. The van der Waals surface area contributed by atoms with Crippen LogP contribution in [0.3, 0.4) is 0 Å². The topological polar surface area (TPSA) is 58.6 Å². The average Bonchev–Trinajstić information content (AvgIpc) is 3.22. The minimum Gasteiger partial charge on any atom is -0.494 e. The van der Waals surface area contributed by atoms with E-state index < -0.39 is 11.2 Å². The lowest BCUT2D eigenvalue weighted by atomic mass is 9.68. The maximum absolute atomic E-state index is 14.1. The fourth-order valence-electron chi connectivity index (χ4n) is 5.02. The number of likely N-dealkylation sites (tertiary alicyclic amines) is 1. The van der Waals surface area contributed by atoms with Crippen LogP contribution in [0, 0.1) is 11.2 Å². The van der Waals surface area contributed by atoms with Gasteiger partial charge in [0.15, 0.2) is 11.6 Å². The lowest BCUT2D eigenvalue weighted by molar-refractivity contribution is -0.140. The van der Waals surface area contributed by atoms with Gasteiger partial charge in [0.05, 0.1) is 12.5 Å². The molecule has 0 spiro atoms. The summed E-state index contributed by atoms with van der Waals surface area (Å²) in [7, 11) is 1.41. The zero-order valence-corrected chi connectivity index (χ0v) is 16.3. The number of allylic oxidation sites excluding steroid dienone is 1. The Labute approximate surface area is 164 Å². The van der Waals surface area contributed by atoms with Crippen molar-refractivity contribution in [3.05, 3.63) is 35.8 Å². The number of carbonyl (C=O) groups excluding carboxylic acids is 2. The van der Waals surface area contributed by atoms with Gasteiger partial charge < -0.3 is 15.0 Å². The Morgan fingerprint density at radius 2 is 2.04 bits per heavy atom. The van der Waals surface area contributed by atoms with Crippen LogP contribution in [-0.4, -0.2) is 29.9 Å². The second kappa shape index (κ2) is 7.57. The molecular weight excluding hydrogens is 359 g/mol. The summed E-state index contributed by atoms with van der Waals surface area (Å²) in [5, 5.41) is 2.91. The van der Waals surface area contributed by atoms with Crippen LogP contribution >= 0.6 is 0 Å². The molecular formula is C22H27FN2O3. The summed E-state index contributed by atoms with van der Waals surface area (Å²) in [6.45, 7) is 0. The first kappa shape index (κ1) is 19.0. The zero-order chi connectivity index (χ0) is 19.7. The molecule has 1 aromatic carbocycles. The number of carbonyl (C=O) groups is 2. The van der Waals surface area contributed by atoms with Crippen molar-refractivity contribution >= 4 is 17.5 Å². The molecule has 0 aromatic heterocycles. The van der Waals surface area contributed by atoms with Crippen LogP contribution in [0.25, 0.3) is 0 Å². The Balaban J connectivity index is 1.63. The highest BCUT2D eigenvalue weighted by atomic mass is 19.1. The predicted molar refractivity (Wildman–Crippen MR) is 104 cm³/mol. The molecule has 1 N–H and O–H groups in total. The normalized spacial score (nSPS) is 25.3. The van der Waals surface area contributed by atoms with E-state index >= 15 is 0 Å². The van der Waals surface area contributed by atoms with Gasteiger partial charge in [0.25, 0.3) is 0 Å². The zero-order valence-electron chi connectivity index (χ0n) is 16.3. The molecule has 28 heavy (non-hydrogen) atoms. The largest absolute Gasteiger partial charge is 0.494 e. The maximum atomic E-state index is 14.1. The molecule has 2 fully saturated rings. The van der Waals surface area contributed by atoms with Crippen molar-refractivity contribution in [1.29, 1.82) is 0 Å². The molecule has 3 aliphatic rings. The number of rotatable bonds is 4. The van der Waals surface area contributed by atoms with Crippen molar-refractivity contribution in [1.82, 2.24) is 4.90 Å². The first-order valence-corrected chi connectivity index (χ1v) is 10.2. The first-order valence-electron chi connectivity index (χ1n) is 10.2. The molecule has 1 saturated heterocycles. The minimum atomic E-state index is -0.703. The van der Waals surface area contributed by atoms with E-state index in [0.29, 0.717) is 18.5 Å². The number of hydrogen-bond acceptors (Lipinski definition) is 3. The maximum Gasteiger partial charge on any atom is 0.236 e. The Hall–Kier alpha value is -2.37. The van der Waals surface area contributed by atoms with Gasteiger partial charge in [-0.25, -0.2) is 4.39 Å². The number of halogens is 1. The molecule has 6 heteroatoms. The van der Waals surface area contributed by atoms with Gasteiger partial charge >= 0.3 is 0 Å². The smallest absolute Gasteiger partial charge is 0.236 e. The first-order chi connectivity index (χ1) is 13.5. The number of nitrogens with zero attached hydrogens (tertiary/aromatic N) is 1. The quantitative estimate of drug-likeness (QED) is 0.835. The molecule has 1 saturated carbocycles. The van der Waals surface area contributed by atoms with Gasteiger partial charge in [0, 0.05) is 29.9 Å². The fourth-order valence-corrected chi connectivity index (χ4v) is 5.02. The lowest BCUT2D eigenvalue weighted by Gasteiger charge is -2.48. The molecule has 150 valence electrons. The molecule has 2 amide bonds. The number of methoxy groups -OCH3 is 1. The molecule has 1 aliphatic heterocycles. The highest BCUT2D eigenvalue weighted by Gasteiger charge is 2.51. The highest BCUT2D eigenvalue weighted by molar-refractivity contribution is 5.99. The number of piperidine rings is 1. The van der Waals surface area contributed by atoms with Crippen molar-refractivity contribution in [2.75, 3.05) is 12.4 Å². The van der Waals surface area contributed by atoms with E-state index in [1.165, 1.54) is 19.2 Å². The van der Waals surface area contributed by atoms with E-state index in [1.54, 1.807) is 6.07 Å². The predicted octanol–water partition coefficient (Wildman–Crippen LogP) is 4.39.